The summed E-state index contributed by atoms with van der Waals surface area (Å²) in [6.07, 6.45) is 0. The number of rotatable bonds is 2. The van der Waals surface area contributed by atoms with Gasteiger partial charge in [-0.05, 0) is 41.9 Å². The summed E-state index contributed by atoms with van der Waals surface area (Å²) in [4.78, 5) is -0.0566. The molecule has 0 fully saturated rings. The predicted molar refractivity (Wildman–Crippen MR) is 76.5 cm³/mol. The lowest BCUT2D eigenvalue weighted by Crippen LogP contribution is -2.13. The third-order valence-corrected chi connectivity index (χ3v) is 4.10. The van der Waals surface area contributed by atoms with Gasteiger partial charge in [-0.15, -0.1) is 0 Å². The lowest BCUT2D eigenvalue weighted by Gasteiger charge is -2.09. The van der Waals surface area contributed by atoms with Crippen LogP contribution in [0.25, 0.3) is 5.69 Å². The molecule has 1 heterocycles. The maximum absolute atomic E-state index is 14.0. The largest absolute Gasteiger partial charge is 0.389 e. The summed E-state index contributed by atoms with van der Waals surface area (Å²) in [6, 6.07) is 2.20. The second kappa shape index (κ2) is 4.97. The molecule has 19 heavy (non-hydrogen) atoms. The number of benzene rings is 1. The van der Waals surface area contributed by atoms with Gasteiger partial charge in [0.15, 0.2) is 11.6 Å². The van der Waals surface area contributed by atoms with Gasteiger partial charge in [0.25, 0.3) is 0 Å². The Kier molecular flexibility index (Phi) is 3.69. The summed E-state index contributed by atoms with van der Waals surface area (Å²) < 4.78 is 30.0. The van der Waals surface area contributed by atoms with Gasteiger partial charge in [0, 0.05) is 5.56 Å². The summed E-state index contributed by atoms with van der Waals surface area (Å²) in [7, 11) is 0. The van der Waals surface area contributed by atoms with Gasteiger partial charge in [-0.1, -0.05) is 12.2 Å². The van der Waals surface area contributed by atoms with E-state index in [9.17, 15) is 8.78 Å². The summed E-state index contributed by atoms with van der Waals surface area (Å²) in [6.45, 7) is 3.46. The topological polar surface area (TPSA) is 43.8 Å². The van der Waals surface area contributed by atoms with Crippen LogP contribution >= 0.6 is 28.1 Å². The van der Waals surface area contributed by atoms with Crippen molar-refractivity contribution in [2.45, 2.75) is 13.8 Å². The lowest BCUT2D eigenvalue weighted by atomic mass is 10.2. The van der Waals surface area contributed by atoms with E-state index in [1.807, 2.05) is 0 Å². The molecule has 7 heteroatoms. The molecule has 0 aliphatic carbocycles. The SMILES string of the molecule is Cc1nn(-c2c(F)cc(C(N)=S)cc2F)c(C)c1Br. The Morgan fingerprint density at radius 2 is 1.84 bits per heavy atom. The first-order chi connectivity index (χ1) is 8.82. The van der Waals surface area contributed by atoms with E-state index in [-0.39, 0.29) is 16.2 Å². The molecule has 2 N–H and O–H groups in total. The van der Waals surface area contributed by atoms with Crippen LogP contribution in [-0.4, -0.2) is 14.8 Å². The number of thiocarbonyl (C=S) groups is 1. The fourth-order valence-electron chi connectivity index (χ4n) is 1.75. The summed E-state index contributed by atoms with van der Waals surface area (Å²) in [5, 5.41) is 4.10. The maximum Gasteiger partial charge on any atom is 0.152 e. The van der Waals surface area contributed by atoms with E-state index in [0.717, 1.165) is 12.1 Å². The number of nitrogens with two attached hydrogens (primary N) is 1. The normalized spacial score (nSPS) is 10.8. The van der Waals surface area contributed by atoms with Crippen LogP contribution in [0.1, 0.15) is 17.0 Å². The van der Waals surface area contributed by atoms with E-state index in [1.54, 1.807) is 13.8 Å². The fraction of sp³-hybridized carbons (Fsp3) is 0.167. The van der Waals surface area contributed by atoms with Crippen molar-refractivity contribution in [3.8, 4) is 5.69 Å². The Morgan fingerprint density at radius 1 is 1.32 bits per heavy atom. The van der Waals surface area contributed by atoms with Crippen molar-refractivity contribution in [2.24, 2.45) is 5.73 Å². The van der Waals surface area contributed by atoms with Gasteiger partial charge in [-0.25, -0.2) is 13.5 Å². The molecule has 0 saturated carbocycles. The van der Waals surface area contributed by atoms with E-state index >= 15 is 0 Å². The molecule has 0 atom stereocenters. The molecule has 3 nitrogen and oxygen atoms in total. The van der Waals surface area contributed by atoms with Gasteiger partial charge < -0.3 is 5.73 Å². The Labute approximate surface area is 122 Å². The van der Waals surface area contributed by atoms with E-state index in [4.69, 9.17) is 18.0 Å². The zero-order valence-electron chi connectivity index (χ0n) is 10.2. The molecule has 0 aliphatic rings. The highest BCUT2D eigenvalue weighted by molar-refractivity contribution is 9.10. The molecule has 2 rings (SSSR count). The molecule has 1 aromatic carbocycles. The molecule has 0 aliphatic heterocycles. The molecule has 0 amide bonds. The minimum Gasteiger partial charge on any atom is -0.389 e. The van der Waals surface area contributed by atoms with Crippen LogP contribution in [-0.2, 0) is 0 Å². The van der Waals surface area contributed by atoms with Crippen LogP contribution in [0.3, 0.4) is 0 Å². The van der Waals surface area contributed by atoms with Gasteiger partial charge in [0.2, 0.25) is 0 Å². The number of aromatic nitrogens is 2. The average molecular weight is 346 g/mol. The zero-order valence-corrected chi connectivity index (χ0v) is 12.6. The quantitative estimate of drug-likeness (QED) is 0.850. The molecule has 0 bridgehead atoms. The first-order valence-corrected chi connectivity index (χ1v) is 6.54. The average Bonchev–Trinajstić information content (AvgIpc) is 2.56. The number of hydrogen-bond donors (Lipinski definition) is 1. The van der Waals surface area contributed by atoms with Crippen molar-refractivity contribution >= 4 is 33.1 Å². The Morgan fingerprint density at radius 3 is 2.21 bits per heavy atom. The maximum atomic E-state index is 14.0. The summed E-state index contributed by atoms with van der Waals surface area (Å²) >= 11 is 8.02. The standard InChI is InChI=1S/C12H10BrF2N3S/c1-5-10(13)6(2)18(17-5)11-8(14)3-7(12(16)19)4-9(11)15/h3-4H,1-2H3,(H2,16,19). The minimum atomic E-state index is -0.763. The van der Waals surface area contributed by atoms with Gasteiger partial charge in [0.1, 0.15) is 10.7 Å². The Balaban J connectivity index is 2.69. The van der Waals surface area contributed by atoms with Crippen LogP contribution < -0.4 is 5.73 Å². The van der Waals surface area contributed by atoms with E-state index in [1.165, 1.54) is 4.68 Å². The molecule has 0 radical (unpaired) electrons. The van der Waals surface area contributed by atoms with Gasteiger partial charge in [-0.2, -0.15) is 5.10 Å². The summed E-state index contributed by atoms with van der Waals surface area (Å²) in [5.74, 6) is -1.53. The molecule has 0 spiro atoms. The van der Waals surface area contributed by atoms with Gasteiger partial charge in [-0.3, -0.25) is 0 Å². The van der Waals surface area contributed by atoms with Crippen molar-refractivity contribution in [3.05, 3.63) is 45.2 Å². The molecule has 100 valence electrons. The third-order valence-electron chi connectivity index (χ3n) is 2.72. The van der Waals surface area contributed by atoms with Crippen molar-refractivity contribution in [3.63, 3.8) is 0 Å². The highest BCUT2D eigenvalue weighted by Crippen LogP contribution is 2.26. The monoisotopic (exact) mass is 345 g/mol. The Bertz CT molecular complexity index is 659. The second-order valence-corrected chi connectivity index (χ2v) is 5.28. The van der Waals surface area contributed by atoms with E-state index in [2.05, 4.69) is 21.0 Å². The van der Waals surface area contributed by atoms with Gasteiger partial charge >= 0.3 is 0 Å². The first-order valence-electron chi connectivity index (χ1n) is 5.34. The van der Waals surface area contributed by atoms with Crippen LogP contribution in [0.4, 0.5) is 8.78 Å². The van der Waals surface area contributed by atoms with Gasteiger partial charge in [0.05, 0.1) is 15.9 Å². The van der Waals surface area contributed by atoms with E-state index in [0.29, 0.717) is 15.9 Å². The lowest BCUT2D eigenvalue weighted by molar-refractivity contribution is 0.556. The van der Waals surface area contributed by atoms with Crippen molar-refractivity contribution in [1.29, 1.82) is 0 Å². The van der Waals surface area contributed by atoms with Crippen LogP contribution in [0, 0.1) is 25.5 Å². The molecular formula is C12H10BrF2N3S. The number of hydrogen-bond acceptors (Lipinski definition) is 2. The second-order valence-electron chi connectivity index (χ2n) is 4.05. The van der Waals surface area contributed by atoms with Crippen molar-refractivity contribution in [1.82, 2.24) is 9.78 Å². The summed E-state index contributed by atoms with van der Waals surface area (Å²) in [5.41, 5.74) is 6.53. The molecule has 2 aromatic rings. The number of aryl methyl sites for hydroxylation is 1. The fourth-order valence-corrected chi connectivity index (χ4v) is 2.12. The van der Waals surface area contributed by atoms with Crippen LogP contribution in [0.2, 0.25) is 0 Å². The molecule has 0 unspecified atom stereocenters. The minimum absolute atomic E-state index is 0.0566. The van der Waals surface area contributed by atoms with E-state index < -0.39 is 11.6 Å². The zero-order chi connectivity index (χ0) is 14.3. The van der Waals surface area contributed by atoms with Crippen LogP contribution in [0.5, 0.6) is 0 Å². The van der Waals surface area contributed by atoms with Crippen molar-refractivity contribution in [2.75, 3.05) is 0 Å². The van der Waals surface area contributed by atoms with Crippen molar-refractivity contribution < 1.29 is 8.78 Å². The molecule has 1 aromatic heterocycles. The first kappa shape index (κ1) is 14.1. The predicted octanol–water partition coefficient (Wildman–Crippen LogP) is 3.16. The smallest absolute Gasteiger partial charge is 0.152 e. The highest BCUT2D eigenvalue weighted by Gasteiger charge is 2.19. The molecule has 0 saturated heterocycles. The van der Waals surface area contributed by atoms with Crippen LogP contribution in [0.15, 0.2) is 16.6 Å². The molecular weight excluding hydrogens is 336 g/mol. The number of halogens is 3. The Hall–Kier alpha value is -1.34. The highest BCUT2D eigenvalue weighted by atomic mass is 79.9. The third kappa shape index (κ3) is 2.40. The number of nitrogens with zero attached hydrogens (tertiary/aromatic N) is 2.